The summed E-state index contributed by atoms with van der Waals surface area (Å²) < 4.78 is 11.9. The minimum atomic E-state index is -0.0379. The van der Waals surface area contributed by atoms with Crippen molar-refractivity contribution in [1.29, 1.82) is 5.26 Å². The molecule has 0 aliphatic carbocycles. The molecule has 3 fully saturated rings. The van der Waals surface area contributed by atoms with Crippen LogP contribution in [0.3, 0.4) is 0 Å². The van der Waals surface area contributed by atoms with E-state index in [0.29, 0.717) is 18.7 Å². The lowest BCUT2D eigenvalue weighted by Gasteiger charge is -2.42. The van der Waals surface area contributed by atoms with E-state index in [-0.39, 0.29) is 24.4 Å². The molecule has 41 heavy (non-hydrogen) atoms. The van der Waals surface area contributed by atoms with Gasteiger partial charge < -0.3 is 29.9 Å². The van der Waals surface area contributed by atoms with Crippen LogP contribution < -0.4 is 20.4 Å². The van der Waals surface area contributed by atoms with Crippen LogP contribution in [-0.4, -0.2) is 110 Å². The molecule has 3 aliphatic heterocycles. The molecular formula is C30H39N9O2. The lowest BCUT2D eigenvalue weighted by Crippen LogP contribution is -2.54. The Morgan fingerprint density at radius 2 is 1.88 bits per heavy atom. The van der Waals surface area contributed by atoms with Crippen molar-refractivity contribution in [3.8, 4) is 6.07 Å². The Morgan fingerprint density at radius 1 is 1.05 bits per heavy atom. The molecular weight excluding hydrogens is 518 g/mol. The molecule has 216 valence electrons. The second-order valence-corrected chi connectivity index (χ2v) is 11.4. The van der Waals surface area contributed by atoms with Crippen molar-refractivity contribution < 1.29 is 9.47 Å². The topological polar surface area (TPSA) is 120 Å². The number of methoxy groups -OCH3 is 1. The van der Waals surface area contributed by atoms with Crippen molar-refractivity contribution in [3.05, 3.63) is 47.8 Å². The highest BCUT2D eigenvalue weighted by Crippen LogP contribution is 2.30. The molecule has 0 amide bonds. The fourth-order valence-electron chi connectivity index (χ4n) is 6.37. The van der Waals surface area contributed by atoms with Gasteiger partial charge in [-0.15, -0.1) is 0 Å². The van der Waals surface area contributed by atoms with Gasteiger partial charge >= 0.3 is 0 Å². The minimum absolute atomic E-state index is 0.000874. The van der Waals surface area contributed by atoms with Crippen molar-refractivity contribution in [1.82, 2.24) is 19.9 Å². The van der Waals surface area contributed by atoms with Crippen LogP contribution in [0.2, 0.25) is 0 Å². The standard InChI is InChI=1S/C30H39N9O2/c1-20-13-28(35-30(34-20)39-18-25(32)27(19-39)40-3)37-11-9-36(10-12-37)16-23-17-38(15-21(2)41-23)26-7-6-22(14-31)29-24(26)5-4-8-33-29/h4-8,13,21,23,25,27H,9-12,15-19,32H2,1-3H3/t21-,23+,25-,27+/m1/s1. The Morgan fingerprint density at radius 3 is 2.63 bits per heavy atom. The number of nitrogens with two attached hydrogens (primary N) is 1. The predicted octanol–water partition coefficient (Wildman–Crippen LogP) is 1.78. The molecule has 0 saturated carbocycles. The molecule has 5 heterocycles. The summed E-state index contributed by atoms with van der Waals surface area (Å²) >= 11 is 0. The first-order valence-corrected chi connectivity index (χ1v) is 14.5. The number of aromatic nitrogens is 3. The first-order chi connectivity index (χ1) is 19.9. The summed E-state index contributed by atoms with van der Waals surface area (Å²) in [5, 5.41) is 10.6. The average Bonchev–Trinajstić information content (AvgIpc) is 3.37. The minimum Gasteiger partial charge on any atom is -0.378 e. The monoisotopic (exact) mass is 557 g/mol. The number of aryl methyl sites for hydroxylation is 1. The smallest absolute Gasteiger partial charge is 0.227 e. The molecule has 0 radical (unpaired) electrons. The zero-order valence-electron chi connectivity index (χ0n) is 24.1. The fourth-order valence-corrected chi connectivity index (χ4v) is 6.37. The van der Waals surface area contributed by atoms with Crippen molar-refractivity contribution in [3.63, 3.8) is 0 Å². The quantitative estimate of drug-likeness (QED) is 0.478. The molecule has 0 unspecified atom stereocenters. The second kappa shape index (κ2) is 11.7. The number of ether oxygens (including phenoxy) is 2. The molecule has 3 aromatic rings. The molecule has 11 heteroatoms. The lowest BCUT2D eigenvalue weighted by atomic mass is 10.1. The van der Waals surface area contributed by atoms with E-state index in [4.69, 9.17) is 25.2 Å². The summed E-state index contributed by atoms with van der Waals surface area (Å²) in [5.41, 5.74) is 9.68. The maximum absolute atomic E-state index is 9.55. The number of rotatable bonds is 6. The van der Waals surface area contributed by atoms with E-state index in [9.17, 15) is 5.26 Å². The fraction of sp³-hybridized carbons (Fsp3) is 0.533. The van der Waals surface area contributed by atoms with Crippen LogP contribution >= 0.6 is 0 Å². The third-order valence-corrected chi connectivity index (χ3v) is 8.42. The molecule has 2 N–H and O–H groups in total. The maximum Gasteiger partial charge on any atom is 0.227 e. The van der Waals surface area contributed by atoms with Crippen molar-refractivity contribution in [2.24, 2.45) is 5.73 Å². The van der Waals surface area contributed by atoms with Gasteiger partial charge in [0.2, 0.25) is 5.95 Å². The van der Waals surface area contributed by atoms with E-state index in [1.807, 2.05) is 19.1 Å². The summed E-state index contributed by atoms with van der Waals surface area (Å²) in [7, 11) is 1.71. The number of pyridine rings is 1. The summed E-state index contributed by atoms with van der Waals surface area (Å²) in [5.74, 6) is 1.70. The van der Waals surface area contributed by atoms with Crippen LogP contribution in [0.5, 0.6) is 0 Å². The number of anilines is 3. The number of hydrogen-bond acceptors (Lipinski definition) is 11. The van der Waals surface area contributed by atoms with Crippen LogP contribution in [-0.2, 0) is 9.47 Å². The average molecular weight is 558 g/mol. The van der Waals surface area contributed by atoms with Crippen LogP contribution in [0.1, 0.15) is 18.2 Å². The number of nitrogens with zero attached hydrogens (tertiary/aromatic N) is 8. The SMILES string of the molecule is CO[C@H]1CN(c2nc(C)cc(N3CCN(C[C@H]4CN(c5ccc(C#N)c6ncccc56)C[C@@H](C)O4)CC3)n2)C[C@H]1N. The third kappa shape index (κ3) is 5.78. The Bertz CT molecular complexity index is 1420. The van der Waals surface area contributed by atoms with Gasteiger partial charge in [-0.2, -0.15) is 10.2 Å². The molecule has 0 bridgehead atoms. The Hall–Kier alpha value is -3.56. The van der Waals surface area contributed by atoms with Crippen LogP contribution in [0.25, 0.3) is 10.9 Å². The van der Waals surface area contributed by atoms with E-state index in [2.05, 4.69) is 55.8 Å². The van der Waals surface area contributed by atoms with Gasteiger partial charge in [0.1, 0.15) is 11.9 Å². The Labute approximate surface area is 241 Å². The number of fused-ring (bicyclic) bond motifs is 1. The van der Waals surface area contributed by atoms with E-state index in [0.717, 1.165) is 79.9 Å². The molecule has 3 aliphatic rings. The van der Waals surface area contributed by atoms with E-state index < -0.39 is 0 Å². The largest absolute Gasteiger partial charge is 0.378 e. The highest BCUT2D eigenvalue weighted by Gasteiger charge is 2.33. The van der Waals surface area contributed by atoms with Gasteiger partial charge in [0.25, 0.3) is 0 Å². The Kier molecular flexibility index (Phi) is 7.90. The lowest BCUT2D eigenvalue weighted by molar-refractivity contribution is -0.0327. The van der Waals surface area contributed by atoms with Crippen molar-refractivity contribution >= 4 is 28.4 Å². The number of hydrogen-bond donors (Lipinski definition) is 1. The van der Waals surface area contributed by atoms with Crippen LogP contribution in [0.4, 0.5) is 17.5 Å². The van der Waals surface area contributed by atoms with Gasteiger partial charge in [0, 0.05) is 95.0 Å². The highest BCUT2D eigenvalue weighted by molar-refractivity contribution is 5.95. The summed E-state index contributed by atoms with van der Waals surface area (Å²) in [6.45, 7) is 11.7. The maximum atomic E-state index is 9.55. The molecule has 0 spiro atoms. The summed E-state index contributed by atoms with van der Waals surface area (Å²) in [6.07, 6.45) is 1.95. The van der Waals surface area contributed by atoms with E-state index in [1.165, 1.54) is 0 Å². The molecule has 1 aromatic carbocycles. The number of morpholine rings is 1. The third-order valence-electron chi connectivity index (χ3n) is 8.42. The predicted molar refractivity (Wildman–Crippen MR) is 159 cm³/mol. The van der Waals surface area contributed by atoms with Gasteiger partial charge in [-0.3, -0.25) is 9.88 Å². The first-order valence-electron chi connectivity index (χ1n) is 14.5. The van der Waals surface area contributed by atoms with Crippen LogP contribution in [0, 0.1) is 18.3 Å². The molecule has 3 saturated heterocycles. The number of piperazine rings is 1. The summed E-state index contributed by atoms with van der Waals surface area (Å²) in [4.78, 5) is 23.5. The summed E-state index contributed by atoms with van der Waals surface area (Å²) in [6, 6.07) is 12.2. The van der Waals surface area contributed by atoms with Gasteiger partial charge in [0.15, 0.2) is 0 Å². The molecule has 11 nitrogen and oxygen atoms in total. The highest BCUT2D eigenvalue weighted by atomic mass is 16.5. The van der Waals surface area contributed by atoms with Gasteiger partial charge in [-0.05, 0) is 38.1 Å². The molecule has 2 aromatic heterocycles. The van der Waals surface area contributed by atoms with Gasteiger partial charge in [-0.25, -0.2) is 4.98 Å². The van der Waals surface area contributed by atoms with Gasteiger partial charge in [-0.1, -0.05) is 0 Å². The van der Waals surface area contributed by atoms with Crippen molar-refractivity contribution in [2.75, 3.05) is 80.7 Å². The molecule has 4 atom stereocenters. The molecule has 6 rings (SSSR count). The van der Waals surface area contributed by atoms with Crippen LogP contribution in [0.15, 0.2) is 36.5 Å². The second-order valence-electron chi connectivity index (χ2n) is 11.4. The zero-order chi connectivity index (χ0) is 28.5. The zero-order valence-corrected chi connectivity index (χ0v) is 24.1. The number of nitriles is 1. The number of benzene rings is 1. The normalized spacial score (nSPS) is 25.6. The van der Waals surface area contributed by atoms with E-state index >= 15 is 0 Å². The Balaban J connectivity index is 1.09. The first kappa shape index (κ1) is 27.6. The van der Waals surface area contributed by atoms with Crippen molar-refractivity contribution in [2.45, 2.75) is 38.2 Å². The van der Waals surface area contributed by atoms with Gasteiger partial charge in [0.05, 0.1) is 35.4 Å². The van der Waals surface area contributed by atoms with E-state index in [1.54, 1.807) is 13.3 Å².